The normalized spacial score (nSPS) is 17.5. The number of anilines is 1. The van der Waals surface area contributed by atoms with E-state index in [4.69, 9.17) is 10.5 Å². The van der Waals surface area contributed by atoms with Gasteiger partial charge in [0.15, 0.2) is 11.5 Å². The van der Waals surface area contributed by atoms with Crippen LogP contribution in [0.15, 0.2) is 12.1 Å². The van der Waals surface area contributed by atoms with Gasteiger partial charge in [-0.25, -0.2) is 0 Å². The van der Waals surface area contributed by atoms with Crippen LogP contribution in [0, 0.1) is 6.92 Å². The van der Waals surface area contributed by atoms with Crippen molar-refractivity contribution in [3.63, 3.8) is 0 Å². The molecule has 0 aromatic heterocycles. The summed E-state index contributed by atoms with van der Waals surface area (Å²) in [6.07, 6.45) is 2.10. The summed E-state index contributed by atoms with van der Waals surface area (Å²) in [5.74, 6) is 0.723. The summed E-state index contributed by atoms with van der Waals surface area (Å²) in [5.41, 5.74) is 7.80. The van der Waals surface area contributed by atoms with Crippen molar-refractivity contribution in [3.8, 4) is 5.75 Å². The first-order valence-electron chi connectivity index (χ1n) is 6.13. The van der Waals surface area contributed by atoms with E-state index in [9.17, 15) is 4.79 Å². The molecule has 0 bridgehead atoms. The number of fused-ring (bicyclic) bond motifs is 1. The number of hydrogen-bond acceptors (Lipinski definition) is 3. The molecular formula is C14H19NO2. The van der Waals surface area contributed by atoms with Gasteiger partial charge in [-0.15, -0.1) is 0 Å². The molecular weight excluding hydrogens is 214 g/mol. The first-order chi connectivity index (χ1) is 8.01. The lowest BCUT2D eigenvalue weighted by molar-refractivity contribution is 0.0355. The molecule has 1 aliphatic rings. The van der Waals surface area contributed by atoms with Gasteiger partial charge in [0.25, 0.3) is 0 Å². The number of Topliss-reactive ketones (excluding diaryl/α,β-unsaturated/α-hetero) is 1. The van der Waals surface area contributed by atoms with Crippen LogP contribution in [0.5, 0.6) is 5.75 Å². The fraction of sp³-hybridized carbons (Fsp3) is 0.500. The number of ether oxygens (including phenoxy) is 1. The topological polar surface area (TPSA) is 52.3 Å². The molecule has 92 valence electrons. The van der Waals surface area contributed by atoms with Crippen LogP contribution < -0.4 is 10.5 Å². The van der Waals surface area contributed by atoms with E-state index in [0.29, 0.717) is 23.4 Å². The van der Waals surface area contributed by atoms with Crippen LogP contribution in [0.4, 0.5) is 5.69 Å². The number of ketones is 1. The van der Waals surface area contributed by atoms with Crippen molar-refractivity contribution in [2.24, 2.45) is 0 Å². The molecule has 0 radical (unpaired) electrons. The monoisotopic (exact) mass is 233 g/mol. The second-order valence-corrected chi connectivity index (χ2v) is 4.82. The third-order valence-corrected chi connectivity index (χ3v) is 3.65. The number of carbonyl (C=O) groups excluding carboxylic acids is 1. The van der Waals surface area contributed by atoms with Crippen LogP contribution >= 0.6 is 0 Å². The Hall–Kier alpha value is -1.51. The Balaban J connectivity index is 2.53. The number of hydrogen-bond donors (Lipinski definition) is 1. The Morgan fingerprint density at radius 1 is 1.35 bits per heavy atom. The molecule has 0 aliphatic carbocycles. The van der Waals surface area contributed by atoms with E-state index in [0.717, 1.165) is 18.4 Å². The predicted octanol–water partition coefficient (Wildman–Crippen LogP) is 3.10. The predicted molar refractivity (Wildman–Crippen MR) is 68.5 cm³/mol. The van der Waals surface area contributed by atoms with E-state index in [1.807, 2.05) is 32.9 Å². The van der Waals surface area contributed by atoms with Crippen molar-refractivity contribution in [2.75, 3.05) is 5.73 Å². The van der Waals surface area contributed by atoms with E-state index < -0.39 is 0 Å². The van der Waals surface area contributed by atoms with Crippen molar-refractivity contribution in [2.45, 2.75) is 45.6 Å². The average Bonchev–Trinajstić information content (AvgIpc) is 2.30. The number of benzene rings is 1. The molecule has 0 fully saturated rings. The van der Waals surface area contributed by atoms with Gasteiger partial charge in [-0.3, -0.25) is 4.79 Å². The van der Waals surface area contributed by atoms with Crippen molar-refractivity contribution >= 4 is 11.5 Å². The number of carbonyl (C=O) groups is 1. The highest BCUT2D eigenvalue weighted by Gasteiger charge is 2.38. The van der Waals surface area contributed by atoms with Crippen LogP contribution in [0.25, 0.3) is 0 Å². The first kappa shape index (κ1) is 12.0. The van der Waals surface area contributed by atoms with Gasteiger partial charge in [0.2, 0.25) is 0 Å². The lowest BCUT2D eigenvalue weighted by Gasteiger charge is -2.37. The molecule has 2 N–H and O–H groups in total. The first-order valence-corrected chi connectivity index (χ1v) is 6.13. The summed E-state index contributed by atoms with van der Waals surface area (Å²) in [6.45, 7) is 6.03. The van der Waals surface area contributed by atoms with Crippen molar-refractivity contribution < 1.29 is 9.53 Å². The van der Waals surface area contributed by atoms with Gasteiger partial charge in [0.05, 0.1) is 17.7 Å². The minimum absolute atomic E-state index is 0.144. The van der Waals surface area contributed by atoms with Gasteiger partial charge in [0.1, 0.15) is 5.60 Å². The molecule has 0 saturated heterocycles. The molecule has 17 heavy (non-hydrogen) atoms. The highest BCUT2D eigenvalue weighted by atomic mass is 16.5. The SMILES string of the molecule is CCC1(CC)CC(=O)c2cc(C)cc(N)c2O1. The number of nitrogens with two attached hydrogens (primary N) is 1. The largest absolute Gasteiger partial charge is 0.484 e. The zero-order valence-electron chi connectivity index (χ0n) is 10.7. The molecule has 0 atom stereocenters. The number of rotatable bonds is 2. The Bertz CT molecular complexity index is 462. The van der Waals surface area contributed by atoms with Gasteiger partial charge in [-0.1, -0.05) is 13.8 Å². The molecule has 1 aromatic rings. The molecule has 0 amide bonds. The minimum atomic E-state index is -0.368. The van der Waals surface area contributed by atoms with Gasteiger partial charge >= 0.3 is 0 Å². The molecule has 3 heteroatoms. The lowest BCUT2D eigenvalue weighted by Crippen LogP contribution is -2.41. The fourth-order valence-electron chi connectivity index (χ4n) is 2.41. The van der Waals surface area contributed by atoms with Crippen molar-refractivity contribution in [1.82, 2.24) is 0 Å². The van der Waals surface area contributed by atoms with Crippen LogP contribution in [-0.4, -0.2) is 11.4 Å². The molecule has 0 spiro atoms. The van der Waals surface area contributed by atoms with E-state index in [1.165, 1.54) is 0 Å². The Kier molecular flexibility index (Phi) is 2.86. The molecule has 2 rings (SSSR count). The summed E-state index contributed by atoms with van der Waals surface area (Å²) in [4.78, 5) is 12.2. The zero-order chi connectivity index (χ0) is 12.6. The third kappa shape index (κ3) is 1.90. The van der Waals surface area contributed by atoms with Gasteiger partial charge in [-0.2, -0.15) is 0 Å². The second-order valence-electron chi connectivity index (χ2n) is 4.82. The quantitative estimate of drug-likeness (QED) is 0.798. The highest BCUT2D eigenvalue weighted by Crippen LogP contribution is 2.40. The summed E-state index contributed by atoms with van der Waals surface area (Å²) < 4.78 is 6.03. The lowest BCUT2D eigenvalue weighted by atomic mass is 9.85. The smallest absolute Gasteiger partial charge is 0.170 e. The minimum Gasteiger partial charge on any atom is -0.484 e. The zero-order valence-corrected chi connectivity index (χ0v) is 10.7. The highest BCUT2D eigenvalue weighted by molar-refractivity contribution is 6.02. The second kappa shape index (κ2) is 4.06. The van der Waals surface area contributed by atoms with E-state index >= 15 is 0 Å². The van der Waals surface area contributed by atoms with E-state index in [-0.39, 0.29) is 11.4 Å². The number of aryl methyl sites for hydroxylation is 1. The third-order valence-electron chi connectivity index (χ3n) is 3.65. The van der Waals surface area contributed by atoms with Crippen LogP contribution in [-0.2, 0) is 0 Å². The summed E-state index contributed by atoms with van der Waals surface area (Å²) in [7, 11) is 0. The Labute approximate surface area is 102 Å². The van der Waals surface area contributed by atoms with Gasteiger partial charge < -0.3 is 10.5 Å². The van der Waals surface area contributed by atoms with E-state index in [2.05, 4.69) is 0 Å². The Morgan fingerprint density at radius 2 is 2.00 bits per heavy atom. The van der Waals surface area contributed by atoms with Gasteiger partial charge in [-0.05, 0) is 37.5 Å². The van der Waals surface area contributed by atoms with Gasteiger partial charge in [0, 0.05) is 0 Å². The molecule has 0 unspecified atom stereocenters. The maximum atomic E-state index is 12.2. The maximum Gasteiger partial charge on any atom is 0.170 e. The summed E-state index contributed by atoms with van der Waals surface area (Å²) >= 11 is 0. The van der Waals surface area contributed by atoms with Crippen LogP contribution in [0.3, 0.4) is 0 Å². The fourth-order valence-corrected chi connectivity index (χ4v) is 2.41. The summed E-state index contributed by atoms with van der Waals surface area (Å²) in [6, 6.07) is 3.72. The van der Waals surface area contributed by atoms with Crippen molar-refractivity contribution in [3.05, 3.63) is 23.3 Å². The Morgan fingerprint density at radius 3 is 2.59 bits per heavy atom. The summed E-state index contributed by atoms with van der Waals surface area (Å²) in [5, 5.41) is 0. The number of nitrogen functional groups attached to an aromatic ring is 1. The van der Waals surface area contributed by atoms with Crippen LogP contribution in [0.1, 0.15) is 49.0 Å². The molecule has 3 nitrogen and oxygen atoms in total. The molecule has 1 aliphatic heterocycles. The van der Waals surface area contributed by atoms with Crippen LogP contribution in [0.2, 0.25) is 0 Å². The maximum absolute atomic E-state index is 12.2. The van der Waals surface area contributed by atoms with E-state index in [1.54, 1.807) is 0 Å². The molecule has 0 saturated carbocycles. The van der Waals surface area contributed by atoms with Crippen molar-refractivity contribution in [1.29, 1.82) is 0 Å². The molecule has 1 heterocycles. The molecule has 1 aromatic carbocycles. The average molecular weight is 233 g/mol. The standard InChI is InChI=1S/C14H19NO2/c1-4-14(5-2)8-12(16)10-6-9(3)7-11(15)13(10)17-14/h6-7H,4-5,8,15H2,1-3H3.